The van der Waals surface area contributed by atoms with Gasteiger partial charge in [0.1, 0.15) is 5.82 Å². The van der Waals surface area contributed by atoms with Gasteiger partial charge in [0.05, 0.1) is 0 Å². The van der Waals surface area contributed by atoms with Crippen molar-refractivity contribution in [2.24, 2.45) is 0 Å². The maximum absolute atomic E-state index is 14.5. The van der Waals surface area contributed by atoms with Crippen molar-refractivity contribution in [3.05, 3.63) is 70.5 Å². The molecule has 2 aromatic carbocycles. The van der Waals surface area contributed by atoms with Crippen LogP contribution in [-0.2, 0) is 23.9 Å². The maximum Gasteiger partial charge on any atom is 0.426 e. The molecule has 1 heterocycles. The fraction of sp³-hybridized carbons (Fsp3) is 0.455. The molecular formula is C22H22F5N. The van der Waals surface area contributed by atoms with Crippen LogP contribution in [0.1, 0.15) is 42.0 Å². The van der Waals surface area contributed by atoms with Gasteiger partial charge < -0.3 is 5.32 Å². The molecule has 150 valence electrons. The summed E-state index contributed by atoms with van der Waals surface area (Å²) in [5.74, 6) is -0.301. The molecule has 0 amide bonds. The van der Waals surface area contributed by atoms with Crippen molar-refractivity contribution in [3.63, 3.8) is 0 Å². The monoisotopic (exact) mass is 395 g/mol. The highest BCUT2D eigenvalue weighted by atomic mass is 19.4. The first-order valence-corrected chi connectivity index (χ1v) is 9.51. The van der Waals surface area contributed by atoms with Gasteiger partial charge in [-0.3, -0.25) is 0 Å². The zero-order valence-electron chi connectivity index (χ0n) is 15.5. The van der Waals surface area contributed by atoms with Crippen molar-refractivity contribution >= 4 is 0 Å². The number of aryl methyl sites for hydroxylation is 1. The smallest absolute Gasteiger partial charge is 0.313 e. The lowest BCUT2D eigenvalue weighted by Gasteiger charge is -2.42. The van der Waals surface area contributed by atoms with E-state index in [2.05, 4.69) is 5.32 Å². The zero-order chi connectivity index (χ0) is 20.2. The summed E-state index contributed by atoms with van der Waals surface area (Å²) < 4.78 is 67.2. The SMILES string of the molecule is CC(F)(c1ccc2c(c1)CC[C@H]1NCC[C@@]21Cc1ccc(F)cc1)C(F)(F)F. The van der Waals surface area contributed by atoms with E-state index >= 15 is 0 Å². The minimum atomic E-state index is -4.96. The normalized spacial score (nSPS) is 26.4. The van der Waals surface area contributed by atoms with Gasteiger partial charge in [0.25, 0.3) is 0 Å². The van der Waals surface area contributed by atoms with Gasteiger partial charge in [-0.15, -0.1) is 0 Å². The Hall–Kier alpha value is -1.95. The van der Waals surface area contributed by atoms with Crippen LogP contribution in [0.5, 0.6) is 0 Å². The van der Waals surface area contributed by atoms with Crippen LogP contribution in [0.15, 0.2) is 42.5 Å². The summed E-state index contributed by atoms with van der Waals surface area (Å²) in [6.07, 6.45) is -2.05. The molecule has 0 bridgehead atoms. The van der Waals surface area contributed by atoms with E-state index in [4.69, 9.17) is 0 Å². The van der Waals surface area contributed by atoms with Gasteiger partial charge in [-0.2, -0.15) is 13.2 Å². The zero-order valence-corrected chi connectivity index (χ0v) is 15.5. The fourth-order valence-electron chi connectivity index (χ4n) is 4.85. The average molecular weight is 395 g/mol. The molecule has 4 rings (SSSR count). The summed E-state index contributed by atoms with van der Waals surface area (Å²) in [4.78, 5) is 0. The van der Waals surface area contributed by atoms with E-state index < -0.39 is 11.8 Å². The first-order chi connectivity index (χ1) is 13.1. The van der Waals surface area contributed by atoms with Gasteiger partial charge in [0.2, 0.25) is 5.67 Å². The number of halogens is 5. The summed E-state index contributed by atoms with van der Waals surface area (Å²) in [6, 6.07) is 10.9. The van der Waals surface area contributed by atoms with Gasteiger partial charge in [-0.25, -0.2) is 8.78 Å². The summed E-state index contributed by atoms with van der Waals surface area (Å²) in [6.45, 7) is 1.39. The Bertz CT molecular complexity index is 871. The number of nitrogens with one attached hydrogen (secondary N) is 1. The molecule has 6 heteroatoms. The topological polar surface area (TPSA) is 12.0 Å². The molecule has 1 fully saturated rings. The van der Waals surface area contributed by atoms with Gasteiger partial charge in [-0.05, 0) is 73.5 Å². The largest absolute Gasteiger partial charge is 0.426 e. The summed E-state index contributed by atoms with van der Waals surface area (Å²) in [5.41, 5.74) is -1.24. The molecule has 2 aromatic rings. The number of alkyl halides is 4. The Balaban J connectivity index is 1.76. The lowest BCUT2D eigenvalue weighted by atomic mass is 9.63. The highest BCUT2D eigenvalue weighted by Crippen LogP contribution is 2.48. The molecule has 1 aliphatic carbocycles. The predicted octanol–water partition coefficient (Wildman–Crippen LogP) is 5.36. The quantitative estimate of drug-likeness (QED) is 0.690. The van der Waals surface area contributed by atoms with Crippen molar-refractivity contribution in [2.45, 2.75) is 55.9 Å². The molecule has 0 aromatic heterocycles. The molecule has 2 aliphatic rings. The van der Waals surface area contributed by atoms with Crippen LogP contribution >= 0.6 is 0 Å². The number of fused-ring (bicyclic) bond motifs is 3. The number of benzene rings is 2. The van der Waals surface area contributed by atoms with Crippen LogP contribution in [0.25, 0.3) is 0 Å². The molecule has 3 atom stereocenters. The van der Waals surface area contributed by atoms with E-state index in [0.29, 0.717) is 19.8 Å². The van der Waals surface area contributed by atoms with Crippen molar-refractivity contribution < 1.29 is 22.0 Å². The highest BCUT2D eigenvalue weighted by molar-refractivity contribution is 5.45. The second-order valence-electron chi connectivity index (χ2n) is 8.13. The molecule has 0 saturated carbocycles. The molecule has 1 unspecified atom stereocenters. The first-order valence-electron chi connectivity index (χ1n) is 9.51. The lowest BCUT2D eigenvalue weighted by molar-refractivity contribution is -0.228. The van der Waals surface area contributed by atoms with E-state index in [1.165, 1.54) is 24.3 Å². The van der Waals surface area contributed by atoms with Crippen molar-refractivity contribution in [1.29, 1.82) is 0 Å². The Labute approximate surface area is 161 Å². The average Bonchev–Trinajstić information content (AvgIpc) is 3.06. The molecule has 0 radical (unpaired) electrons. The Morgan fingerprint density at radius 3 is 2.46 bits per heavy atom. The van der Waals surface area contributed by atoms with Crippen molar-refractivity contribution in [2.75, 3.05) is 6.54 Å². The molecule has 1 aliphatic heterocycles. The van der Waals surface area contributed by atoms with Crippen molar-refractivity contribution in [1.82, 2.24) is 5.32 Å². The third-order valence-electron chi connectivity index (χ3n) is 6.48. The predicted molar refractivity (Wildman–Crippen MR) is 97.5 cm³/mol. The Morgan fingerprint density at radius 1 is 1.07 bits per heavy atom. The maximum atomic E-state index is 14.5. The molecule has 1 saturated heterocycles. The molecule has 0 spiro atoms. The third-order valence-corrected chi connectivity index (χ3v) is 6.48. The van der Waals surface area contributed by atoms with Gasteiger partial charge in [0.15, 0.2) is 0 Å². The van der Waals surface area contributed by atoms with Crippen LogP contribution in [0.3, 0.4) is 0 Å². The number of hydrogen-bond donors (Lipinski definition) is 1. The summed E-state index contributed by atoms with van der Waals surface area (Å²) in [5, 5.41) is 3.51. The van der Waals surface area contributed by atoms with Crippen LogP contribution in [0.2, 0.25) is 0 Å². The number of hydrogen-bond acceptors (Lipinski definition) is 1. The van der Waals surface area contributed by atoms with Crippen LogP contribution in [0, 0.1) is 5.82 Å². The molecular weight excluding hydrogens is 373 g/mol. The highest BCUT2D eigenvalue weighted by Gasteiger charge is 2.54. The second-order valence-corrected chi connectivity index (χ2v) is 8.13. The fourth-order valence-corrected chi connectivity index (χ4v) is 4.85. The van der Waals surface area contributed by atoms with E-state index in [1.54, 1.807) is 18.2 Å². The van der Waals surface area contributed by atoms with E-state index in [-0.39, 0.29) is 22.8 Å². The first kappa shape index (κ1) is 19.4. The molecule has 28 heavy (non-hydrogen) atoms. The molecule has 1 nitrogen and oxygen atoms in total. The van der Waals surface area contributed by atoms with Crippen LogP contribution in [0.4, 0.5) is 22.0 Å². The van der Waals surface area contributed by atoms with E-state index in [0.717, 1.165) is 36.1 Å². The summed E-state index contributed by atoms with van der Waals surface area (Å²) in [7, 11) is 0. The van der Waals surface area contributed by atoms with Gasteiger partial charge in [-0.1, -0.05) is 30.3 Å². The third kappa shape index (κ3) is 3.02. The van der Waals surface area contributed by atoms with Gasteiger partial charge >= 0.3 is 6.18 Å². The standard InChI is InChI=1S/C22H22F5N/c1-20(24,22(25,26)27)16-5-8-18-15(12-16)4-9-19-21(18,10-11-28-19)13-14-2-6-17(23)7-3-14/h2-3,5-8,12,19,28H,4,9-11,13H2,1H3/t19-,20?,21-/m1/s1. The summed E-state index contributed by atoms with van der Waals surface area (Å²) >= 11 is 0. The van der Waals surface area contributed by atoms with Crippen LogP contribution < -0.4 is 5.32 Å². The van der Waals surface area contributed by atoms with Crippen LogP contribution in [-0.4, -0.2) is 18.8 Å². The van der Waals surface area contributed by atoms with Gasteiger partial charge in [0, 0.05) is 11.5 Å². The number of rotatable bonds is 3. The Morgan fingerprint density at radius 2 is 1.79 bits per heavy atom. The Kier molecular flexibility index (Phi) is 4.53. The molecule has 1 N–H and O–H groups in total. The minimum absolute atomic E-state index is 0.204. The van der Waals surface area contributed by atoms with E-state index in [9.17, 15) is 22.0 Å². The van der Waals surface area contributed by atoms with Crippen molar-refractivity contribution in [3.8, 4) is 0 Å². The lowest BCUT2D eigenvalue weighted by Crippen LogP contribution is -2.46. The van der Waals surface area contributed by atoms with E-state index in [1.807, 2.05) is 0 Å². The minimum Gasteiger partial charge on any atom is -0.313 e. The second kappa shape index (κ2) is 6.55.